The second kappa shape index (κ2) is 10.5. The summed E-state index contributed by atoms with van der Waals surface area (Å²) in [6, 6.07) is 12.4. The van der Waals surface area contributed by atoms with Crippen LogP contribution in [0.5, 0.6) is 0 Å². The molecule has 0 spiro atoms. The molecule has 1 aliphatic rings. The number of hydrogen-bond acceptors (Lipinski definition) is 4. The van der Waals surface area contributed by atoms with Crippen LogP contribution in [0.1, 0.15) is 42.1 Å². The Morgan fingerprint density at radius 3 is 2.35 bits per heavy atom. The highest BCUT2D eigenvalue weighted by Crippen LogP contribution is 2.39. The van der Waals surface area contributed by atoms with Crippen LogP contribution in [0.25, 0.3) is 0 Å². The number of rotatable bonds is 4. The Kier molecular flexibility index (Phi) is 8.22. The van der Waals surface area contributed by atoms with Crippen molar-refractivity contribution >= 4 is 52.4 Å². The van der Waals surface area contributed by atoms with Crippen molar-refractivity contribution in [1.29, 1.82) is 0 Å². The molecule has 2 heterocycles. The number of aromatic nitrogens is 2. The third-order valence-corrected chi connectivity index (χ3v) is 7.31. The molecule has 1 unspecified atom stereocenters. The van der Waals surface area contributed by atoms with E-state index < -0.39 is 0 Å². The molecule has 1 atom stereocenters. The van der Waals surface area contributed by atoms with Gasteiger partial charge in [-0.1, -0.05) is 60.8 Å². The van der Waals surface area contributed by atoms with E-state index in [-0.39, 0.29) is 5.92 Å². The zero-order valence-corrected chi connectivity index (χ0v) is 21.4. The number of aryl methyl sites for hydroxylation is 2. The van der Waals surface area contributed by atoms with Crippen LogP contribution in [0.15, 0.2) is 41.3 Å². The number of nitrogens with zero attached hydrogens (tertiary/aromatic N) is 3. The molecule has 0 amide bonds. The van der Waals surface area contributed by atoms with Crippen LogP contribution in [0.4, 0.5) is 5.69 Å². The predicted molar refractivity (Wildman–Crippen MR) is 135 cm³/mol. The zero-order chi connectivity index (χ0) is 22.7. The number of anilines is 1. The lowest BCUT2D eigenvalue weighted by Gasteiger charge is -2.33. The minimum Gasteiger partial charge on any atom is -0.326 e. The van der Waals surface area contributed by atoms with Gasteiger partial charge in [-0.2, -0.15) is 5.10 Å². The topological polar surface area (TPSA) is 33.1 Å². The fraction of sp³-hybridized carbons (Fsp3) is 0.348. The molecule has 166 valence electrons. The van der Waals surface area contributed by atoms with E-state index in [1.165, 1.54) is 23.1 Å². The van der Waals surface area contributed by atoms with E-state index in [2.05, 4.69) is 52.1 Å². The standard InChI is InChI=1S/C21H21Cl3N4S.C2H6/c1-12-20(21(24)28(3)25-12)29-26-15-6-4-13(5-7-15)17-10-27(2)11-18-16(17)8-14(22)9-19(18)23;1-2/h4-9,17,26H,10-11H2,1-3H3;1-2H3. The van der Waals surface area contributed by atoms with E-state index in [1.54, 1.807) is 4.68 Å². The summed E-state index contributed by atoms with van der Waals surface area (Å²) in [4.78, 5) is 3.23. The van der Waals surface area contributed by atoms with Crippen LogP contribution < -0.4 is 4.72 Å². The van der Waals surface area contributed by atoms with E-state index in [0.29, 0.717) is 10.2 Å². The molecule has 1 N–H and O–H groups in total. The first-order valence-electron chi connectivity index (χ1n) is 10.2. The predicted octanol–water partition coefficient (Wildman–Crippen LogP) is 7.41. The first-order chi connectivity index (χ1) is 14.8. The number of halogens is 3. The van der Waals surface area contributed by atoms with Crippen molar-refractivity contribution in [2.24, 2.45) is 7.05 Å². The average Bonchev–Trinajstić information content (AvgIpc) is 2.99. The minimum absolute atomic E-state index is 0.233. The van der Waals surface area contributed by atoms with Gasteiger partial charge in [0.15, 0.2) is 0 Å². The maximum Gasteiger partial charge on any atom is 0.142 e. The number of benzene rings is 2. The van der Waals surface area contributed by atoms with E-state index in [0.717, 1.165) is 40.0 Å². The van der Waals surface area contributed by atoms with E-state index in [1.807, 2.05) is 33.9 Å². The molecule has 2 aromatic carbocycles. The molecule has 31 heavy (non-hydrogen) atoms. The SMILES string of the molecule is CC.Cc1nn(C)c(Cl)c1SNc1ccc(C2CN(C)Cc3c(Cl)cc(Cl)cc32)cc1. The Labute approximate surface area is 204 Å². The summed E-state index contributed by atoms with van der Waals surface area (Å²) in [5.74, 6) is 0.233. The molecule has 0 bridgehead atoms. The second-order valence-corrected chi connectivity index (χ2v) is 9.38. The molecule has 3 aromatic rings. The van der Waals surface area contributed by atoms with Gasteiger partial charge in [0.1, 0.15) is 5.15 Å². The molecule has 1 aromatic heterocycles. The van der Waals surface area contributed by atoms with E-state index in [4.69, 9.17) is 34.8 Å². The molecule has 0 saturated carbocycles. The smallest absolute Gasteiger partial charge is 0.142 e. The second-order valence-electron chi connectivity index (χ2n) is 7.36. The van der Waals surface area contributed by atoms with Crippen molar-refractivity contribution in [2.45, 2.75) is 38.1 Å². The summed E-state index contributed by atoms with van der Waals surface area (Å²) >= 11 is 20.6. The summed E-state index contributed by atoms with van der Waals surface area (Å²) in [6.45, 7) is 7.71. The quantitative estimate of drug-likeness (QED) is 0.380. The molecule has 0 aliphatic carbocycles. The lowest BCUT2D eigenvalue weighted by molar-refractivity contribution is 0.295. The Morgan fingerprint density at radius 2 is 1.74 bits per heavy atom. The van der Waals surface area contributed by atoms with Crippen molar-refractivity contribution in [1.82, 2.24) is 14.7 Å². The van der Waals surface area contributed by atoms with Crippen molar-refractivity contribution in [3.63, 3.8) is 0 Å². The highest BCUT2D eigenvalue weighted by molar-refractivity contribution is 8.00. The Hall–Kier alpha value is -1.37. The third kappa shape index (κ3) is 5.35. The van der Waals surface area contributed by atoms with Crippen LogP contribution in [-0.4, -0.2) is 28.3 Å². The van der Waals surface area contributed by atoms with E-state index >= 15 is 0 Å². The molecule has 1 aliphatic heterocycles. The minimum atomic E-state index is 0.233. The number of hydrogen-bond donors (Lipinski definition) is 1. The number of fused-ring (bicyclic) bond motifs is 1. The molecule has 4 rings (SSSR count). The molecule has 0 saturated heterocycles. The fourth-order valence-electron chi connectivity index (χ4n) is 3.75. The van der Waals surface area contributed by atoms with Crippen molar-refractivity contribution in [2.75, 3.05) is 18.3 Å². The number of likely N-dealkylation sites (N-methyl/N-ethyl adjacent to an activating group) is 1. The van der Waals surface area contributed by atoms with Gasteiger partial charge in [0, 0.05) is 41.8 Å². The van der Waals surface area contributed by atoms with Gasteiger partial charge in [0.2, 0.25) is 0 Å². The summed E-state index contributed by atoms with van der Waals surface area (Å²) in [5, 5.41) is 6.39. The molecule has 0 fully saturated rings. The monoisotopic (exact) mass is 496 g/mol. The van der Waals surface area contributed by atoms with Gasteiger partial charge in [-0.3, -0.25) is 4.68 Å². The largest absolute Gasteiger partial charge is 0.326 e. The highest BCUT2D eigenvalue weighted by atomic mass is 35.5. The first kappa shape index (κ1) is 24.3. The van der Waals surface area contributed by atoms with Crippen LogP contribution in [-0.2, 0) is 13.6 Å². The lowest BCUT2D eigenvalue weighted by atomic mass is 9.85. The van der Waals surface area contributed by atoms with E-state index in [9.17, 15) is 0 Å². The zero-order valence-electron chi connectivity index (χ0n) is 18.3. The van der Waals surface area contributed by atoms with Crippen LogP contribution in [0, 0.1) is 6.92 Å². The summed E-state index contributed by atoms with van der Waals surface area (Å²) in [6.07, 6.45) is 0. The molecular formula is C23H27Cl3N4S. The fourth-order valence-corrected chi connectivity index (χ4v) is 5.37. The van der Waals surface area contributed by atoms with Gasteiger partial charge in [-0.25, -0.2) is 0 Å². The first-order valence-corrected chi connectivity index (χ1v) is 12.2. The van der Waals surface area contributed by atoms with Gasteiger partial charge < -0.3 is 9.62 Å². The maximum absolute atomic E-state index is 6.48. The summed E-state index contributed by atoms with van der Waals surface area (Å²) < 4.78 is 5.04. The molecule has 4 nitrogen and oxygen atoms in total. The summed E-state index contributed by atoms with van der Waals surface area (Å²) in [7, 11) is 3.96. The van der Waals surface area contributed by atoms with Crippen molar-refractivity contribution < 1.29 is 0 Å². The molecular weight excluding hydrogens is 471 g/mol. The Bertz CT molecular complexity index is 1050. The van der Waals surface area contributed by atoms with Gasteiger partial charge in [-0.15, -0.1) is 0 Å². The van der Waals surface area contributed by atoms with Crippen LogP contribution in [0.2, 0.25) is 15.2 Å². The normalized spacial score (nSPS) is 15.8. The van der Waals surface area contributed by atoms with Crippen molar-refractivity contribution in [3.05, 3.63) is 74.0 Å². The third-order valence-electron chi connectivity index (χ3n) is 5.18. The van der Waals surface area contributed by atoms with Crippen LogP contribution >= 0.6 is 46.8 Å². The maximum atomic E-state index is 6.48. The molecule has 8 heteroatoms. The van der Waals surface area contributed by atoms with Gasteiger partial charge in [0.25, 0.3) is 0 Å². The Morgan fingerprint density at radius 1 is 1.06 bits per heavy atom. The average molecular weight is 498 g/mol. The lowest BCUT2D eigenvalue weighted by Crippen LogP contribution is -2.31. The number of nitrogens with one attached hydrogen (secondary N) is 1. The Balaban J connectivity index is 0.00000132. The van der Waals surface area contributed by atoms with Gasteiger partial charge in [-0.05, 0) is 66.9 Å². The molecule has 0 radical (unpaired) electrons. The van der Waals surface area contributed by atoms with Gasteiger partial charge >= 0.3 is 0 Å². The summed E-state index contributed by atoms with van der Waals surface area (Å²) in [5.41, 5.74) is 5.53. The van der Waals surface area contributed by atoms with Gasteiger partial charge in [0.05, 0.1) is 10.6 Å². The highest BCUT2D eigenvalue weighted by Gasteiger charge is 2.27. The van der Waals surface area contributed by atoms with Crippen molar-refractivity contribution in [3.8, 4) is 0 Å². The van der Waals surface area contributed by atoms with Crippen LogP contribution in [0.3, 0.4) is 0 Å².